The highest BCUT2D eigenvalue weighted by molar-refractivity contribution is 5.43. The van der Waals surface area contributed by atoms with Gasteiger partial charge in [0.05, 0.1) is 14.2 Å². The van der Waals surface area contributed by atoms with Crippen molar-refractivity contribution in [3.63, 3.8) is 0 Å². The molecule has 5 heteroatoms. The zero-order valence-electron chi connectivity index (χ0n) is 11.7. The van der Waals surface area contributed by atoms with E-state index in [1.807, 2.05) is 18.2 Å². The van der Waals surface area contributed by atoms with E-state index in [0.29, 0.717) is 12.3 Å². The molecule has 2 aromatic rings. The first-order valence-electron chi connectivity index (χ1n) is 6.26. The fraction of sp³-hybridized carbons (Fsp3) is 0.429. The maximum atomic E-state index is 5.29. The highest BCUT2D eigenvalue weighted by atomic mass is 16.5. The Kier molecular flexibility index (Phi) is 4.04. The molecule has 1 N–H and O–H groups in total. The third-order valence-corrected chi connectivity index (χ3v) is 2.88. The quantitative estimate of drug-likeness (QED) is 0.898. The molecule has 0 saturated carbocycles. The van der Waals surface area contributed by atoms with Crippen LogP contribution in [0.3, 0.4) is 0 Å². The largest absolute Gasteiger partial charge is 0.493 e. The Hall–Kier alpha value is -2.04. The summed E-state index contributed by atoms with van der Waals surface area (Å²) in [5.74, 6) is 3.48. The zero-order valence-corrected chi connectivity index (χ0v) is 11.7. The van der Waals surface area contributed by atoms with Crippen LogP contribution in [0.25, 0.3) is 0 Å². The van der Waals surface area contributed by atoms with Crippen LogP contribution in [0.15, 0.2) is 18.2 Å². The van der Waals surface area contributed by atoms with Crippen molar-refractivity contribution >= 4 is 0 Å². The van der Waals surface area contributed by atoms with Crippen molar-refractivity contribution in [1.29, 1.82) is 0 Å². The monoisotopic (exact) mass is 261 g/mol. The average molecular weight is 261 g/mol. The van der Waals surface area contributed by atoms with Crippen LogP contribution in [0.4, 0.5) is 0 Å². The van der Waals surface area contributed by atoms with Gasteiger partial charge >= 0.3 is 0 Å². The molecule has 0 bridgehead atoms. The molecule has 0 fully saturated rings. The Morgan fingerprint density at radius 1 is 1.16 bits per heavy atom. The SMILES string of the molecule is COc1ccc(Cc2nc(C(C)C)n[nH]2)cc1OC. The summed E-state index contributed by atoms with van der Waals surface area (Å²) >= 11 is 0. The van der Waals surface area contributed by atoms with Crippen LogP contribution in [-0.2, 0) is 6.42 Å². The number of nitrogens with zero attached hydrogens (tertiary/aromatic N) is 2. The highest BCUT2D eigenvalue weighted by Crippen LogP contribution is 2.28. The number of ether oxygens (including phenoxy) is 2. The van der Waals surface area contributed by atoms with Gasteiger partial charge in [-0.25, -0.2) is 4.98 Å². The maximum Gasteiger partial charge on any atom is 0.161 e. The number of methoxy groups -OCH3 is 2. The standard InChI is InChI=1S/C14H19N3O2/c1-9(2)14-15-13(16-17-14)8-10-5-6-11(18-3)12(7-10)19-4/h5-7,9H,8H2,1-4H3,(H,15,16,17). The van der Waals surface area contributed by atoms with Gasteiger partial charge in [-0.1, -0.05) is 19.9 Å². The lowest BCUT2D eigenvalue weighted by Crippen LogP contribution is -1.95. The number of aromatic amines is 1. The minimum Gasteiger partial charge on any atom is -0.493 e. The molecular weight excluding hydrogens is 242 g/mol. The molecule has 102 valence electrons. The molecule has 5 nitrogen and oxygen atoms in total. The summed E-state index contributed by atoms with van der Waals surface area (Å²) < 4.78 is 10.5. The van der Waals surface area contributed by atoms with E-state index >= 15 is 0 Å². The molecule has 2 rings (SSSR count). The third kappa shape index (κ3) is 3.05. The number of rotatable bonds is 5. The summed E-state index contributed by atoms with van der Waals surface area (Å²) in [6, 6.07) is 5.85. The van der Waals surface area contributed by atoms with Gasteiger partial charge in [-0.3, -0.25) is 5.10 Å². The van der Waals surface area contributed by atoms with Crippen LogP contribution in [0.2, 0.25) is 0 Å². The summed E-state index contributed by atoms with van der Waals surface area (Å²) in [6.07, 6.45) is 0.695. The molecule has 1 heterocycles. The van der Waals surface area contributed by atoms with Gasteiger partial charge in [0.15, 0.2) is 17.3 Å². The number of H-pyrrole nitrogens is 1. The molecular formula is C14H19N3O2. The maximum absolute atomic E-state index is 5.29. The van der Waals surface area contributed by atoms with Crippen molar-refractivity contribution in [3.05, 3.63) is 35.4 Å². The van der Waals surface area contributed by atoms with E-state index in [1.54, 1.807) is 14.2 Å². The van der Waals surface area contributed by atoms with Crippen molar-refractivity contribution < 1.29 is 9.47 Å². The number of hydrogen-bond donors (Lipinski definition) is 1. The van der Waals surface area contributed by atoms with E-state index in [-0.39, 0.29) is 0 Å². The smallest absolute Gasteiger partial charge is 0.161 e. The van der Waals surface area contributed by atoms with E-state index in [9.17, 15) is 0 Å². The summed E-state index contributed by atoms with van der Waals surface area (Å²) in [5, 5.41) is 7.16. The Morgan fingerprint density at radius 3 is 2.47 bits per heavy atom. The second-order valence-corrected chi connectivity index (χ2v) is 4.66. The zero-order chi connectivity index (χ0) is 13.8. The van der Waals surface area contributed by atoms with Gasteiger partial charge in [0, 0.05) is 12.3 Å². The van der Waals surface area contributed by atoms with Crippen molar-refractivity contribution in [2.45, 2.75) is 26.2 Å². The van der Waals surface area contributed by atoms with Crippen LogP contribution in [0.5, 0.6) is 11.5 Å². The molecule has 0 saturated heterocycles. The Balaban J connectivity index is 2.18. The molecule has 0 aliphatic rings. The summed E-state index contributed by atoms with van der Waals surface area (Å²) in [5.41, 5.74) is 1.10. The number of nitrogens with one attached hydrogen (secondary N) is 1. The number of hydrogen-bond acceptors (Lipinski definition) is 4. The minimum atomic E-state index is 0.329. The molecule has 0 spiro atoms. The normalized spacial score (nSPS) is 10.8. The third-order valence-electron chi connectivity index (χ3n) is 2.88. The number of aromatic nitrogens is 3. The van der Waals surface area contributed by atoms with Crippen molar-refractivity contribution in [1.82, 2.24) is 15.2 Å². The minimum absolute atomic E-state index is 0.329. The fourth-order valence-corrected chi connectivity index (χ4v) is 1.83. The summed E-state index contributed by atoms with van der Waals surface area (Å²) in [6.45, 7) is 4.15. The lowest BCUT2D eigenvalue weighted by atomic mass is 10.1. The van der Waals surface area contributed by atoms with E-state index in [2.05, 4.69) is 29.0 Å². The van der Waals surface area contributed by atoms with Crippen molar-refractivity contribution in [2.75, 3.05) is 14.2 Å². The van der Waals surface area contributed by atoms with Crippen LogP contribution in [0, 0.1) is 0 Å². The Labute approximate surface area is 113 Å². The molecule has 0 atom stereocenters. The van der Waals surface area contributed by atoms with E-state index in [4.69, 9.17) is 9.47 Å². The van der Waals surface area contributed by atoms with Crippen molar-refractivity contribution in [2.24, 2.45) is 0 Å². The molecule has 0 unspecified atom stereocenters. The highest BCUT2D eigenvalue weighted by Gasteiger charge is 2.09. The van der Waals surface area contributed by atoms with Gasteiger partial charge in [-0.15, -0.1) is 0 Å². The van der Waals surface area contributed by atoms with Crippen LogP contribution < -0.4 is 9.47 Å². The molecule has 0 radical (unpaired) electrons. The first-order valence-corrected chi connectivity index (χ1v) is 6.26. The lowest BCUT2D eigenvalue weighted by Gasteiger charge is -2.08. The van der Waals surface area contributed by atoms with Gasteiger partial charge in [-0.05, 0) is 17.7 Å². The molecule has 19 heavy (non-hydrogen) atoms. The van der Waals surface area contributed by atoms with Crippen LogP contribution in [0.1, 0.15) is 37.0 Å². The molecule has 1 aromatic carbocycles. The Bertz CT molecular complexity index is 549. The molecule has 0 amide bonds. The fourth-order valence-electron chi connectivity index (χ4n) is 1.83. The molecule has 0 aliphatic heterocycles. The second kappa shape index (κ2) is 5.73. The van der Waals surface area contributed by atoms with Gasteiger partial charge in [0.2, 0.25) is 0 Å². The Morgan fingerprint density at radius 2 is 1.89 bits per heavy atom. The first-order chi connectivity index (χ1) is 9.13. The van der Waals surface area contributed by atoms with E-state index in [1.165, 1.54) is 0 Å². The van der Waals surface area contributed by atoms with Crippen molar-refractivity contribution in [3.8, 4) is 11.5 Å². The van der Waals surface area contributed by atoms with Gasteiger partial charge in [0.1, 0.15) is 5.82 Å². The van der Waals surface area contributed by atoms with Gasteiger partial charge < -0.3 is 9.47 Å². The van der Waals surface area contributed by atoms with Crippen LogP contribution >= 0.6 is 0 Å². The van der Waals surface area contributed by atoms with Crippen LogP contribution in [-0.4, -0.2) is 29.4 Å². The topological polar surface area (TPSA) is 60.0 Å². The lowest BCUT2D eigenvalue weighted by molar-refractivity contribution is 0.354. The first kappa shape index (κ1) is 13.4. The van der Waals surface area contributed by atoms with E-state index in [0.717, 1.165) is 28.7 Å². The predicted molar refractivity (Wildman–Crippen MR) is 72.8 cm³/mol. The summed E-state index contributed by atoms with van der Waals surface area (Å²) in [4.78, 5) is 4.46. The van der Waals surface area contributed by atoms with Gasteiger partial charge in [-0.2, -0.15) is 5.10 Å². The second-order valence-electron chi connectivity index (χ2n) is 4.66. The van der Waals surface area contributed by atoms with E-state index < -0.39 is 0 Å². The molecule has 1 aromatic heterocycles. The predicted octanol–water partition coefficient (Wildman–Crippen LogP) is 2.54. The summed E-state index contributed by atoms with van der Waals surface area (Å²) in [7, 11) is 3.26. The number of benzene rings is 1. The van der Waals surface area contributed by atoms with Gasteiger partial charge in [0.25, 0.3) is 0 Å². The average Bonchev–Trinajstić information content (AvgIpc) is 2.87. The molecule has 0 aliphatic carbocycles.